The third kappa shape index (κ3) is 6.20. The van der Waals surface area contributed by atoms with Gasteiger partial charge in [0.1, 0.15) is 0 Å². The molecule has 0 amide bonds. The maximum atomic E-state index is 11.6. The fraction of sp³-hybridized carbons (Fsp3) is 0.933. The van der Waals surface area contributed by atoms with Crippen molar-refractivity contribution in [2.24, 2.45) is 5.92 Å². The van der Waals surface area contributed by atoms with Crippen LogP contribution in [0.15, 0.2) is 0 Å². The molecule has 5 nitrogen and oxygen atoms in total. The average molecular weight is 287 g/mol. The Morgan fingerprint density at radius 3 is 2.65 bits per heavy atom. The van der Waals surface area contributed by atoms with Crippen LogP contribution in [-0.2, 0) is 14.3 Å². The lowest BCUT2D eigenvalue weighted by molar-refractivity contribution is -0.151. The molecule has 1 rings (SSSR count). The number of rotatable bonds is 9. The van der Waals surface area contributed by atoms with Crippen LogP contribution in [0.2, 0.25) is 0 Å². The first-order valence-corrected chi connectivity index (χ1v) is 7.70. The van der Waals surface area contributed by atoms with Crippen molar-refractivity contribution >= 4 is 5.97 Å². The van der Waals surface area contributed by atoms with Crippen LogP contribution in [0.1, 0.15) is 45.4 Å². The quantitative estimate of drug-likeness (QED) is 0.497. The number of nitrogens with one attached hydrogen (secondary N) is 1. The molecule has 0 aliphatic heterocycles. The Labute approximate surface area is 122 Å². The van der Waals surface area contributed by atoms with Crippen molar-refractivity contribution in [3.8, 4) is 0 Å². The molecule has 0 bridgehead atoms. The minimum atomic E-state index is -0.662. The Kier molecular flexibility index (Phi) is 8.11. The van der Waals surface area contributed by atoms with Crippen LogP contribution >= 0.6 is 0 Å². The van der Waals surface area contributed by atoms with E-state index in [1.54, 1.807) is 7.11 Å². The summed E-state index contributed by atoms with van der Waals surface area (Å²) in [6.45, 7) is 4.54. The Morgan fingerprint density at radius 1 is 1.35 bits per heavy atom. The van der Waals surface area contributed by atoms with Gasteiger partial charge in [-0.25, -0.2) is 0 Å². The highest BCUT2D eigenvalue weighted by molar-refractivity contribution is 5.72. The zero-order valence-electron chi connectivity index (χ0n) is 12.8. The lowest BCUT2D eigenvalue weighted by Gasteiger charge is -2.35. The maximum absolute atomic E-state index is 11.6. The summed E-state index contributed by atoms with van der Waals surface area (Å²) >= 11 is 0. The molecule has 20 heavy (non-hydrogen) atoms. The summed E-state index contributed by atoms with van der Waals surface area (Å²) in [6.07, 6.45) is 4.87. The Morgan fingerprint density at radius 2 is 2.05 bits per heavy atom. The lowest BCUT2D eigenvalue weighted by Crippen LogP contribution is -2.44. The summed E-state index contributed by atoms with van der Waals surface area (Å²) in [5.41, 5.74) is -0.662. The molecule has 1 fully saturated rings. The number of hydrogen-bond acceptors (Lipinski definition) is 5. The van der Waals surface area contributed by atoms with Crippen LogP contribution in [0.4, 0.5) is 0 Å². The van der Waals surface area contributed by atoms with E-state index in [0.717, 1.165) is 38.8 Å². The number of methoxy groups -OCH3 is 1. The van der Waals surface area contributed by atoms with E-state index in [-0.39, 0.29) is 11.9 Å². The molecule has 1 aliphatic carbocycles. The van der Waals surface area contributed by atoms with Gasteiger partial charge in [-0.15, -0.1) is 0 Å². The molecule has 1 saturated carbocycles. The van der Waals surface area contributed by atoms with Crippen molar-refractivity contribution in [3.63, 3.8) is 0 Å². The highest BCUT2D eigenvalue weighted by atomic mass is 16.5. The van der Waals surface area contributed by atoms with E-state index >= 15 is 0 Å². The minimum Gasteiger partial charge on any atom is -0.466 e. The first-order valence-electron chi connectivity index (χ1n) is 7.70. The third-order valence-electron chi connectivity index (χ3n) is 3.94. The summed E-state index contributed by atoms with van der Waals surface area (Å²) in [5, 5.41) is 13.8. The molecule has 0 atom stereocenters. The largest absolute Gasteiger partial charge is 0.466 e. The SMILES string of the molecule is CCOC(=O)C1CCC(O)(CNCCCCOC)CC1. The highest BCUT2D eigenvalue weighted by Gasteiger charge is 2.35. The third-order valence-corrected chi connectivity index (χ3v) is 3.94. The summed E-state index contributed by atoms with van der Waals surface area (Å²) in [7, 11) is 1.71. The van der Waals surface area contributed by atoms with Gasteiger partial charge in [0, 0.05) is 20.3 Å². The molecule has 1 aliphatic rings. The van der Waals surface area contributed by atoms with Gasteiger partial charge < -0.3 is 19.9 Å². The molecule has 118 valence electrons. The second-order valence-electron chi connectivity index (χ2n) is 5.63. The smallest absolute Gasteiger partial charge is 0.308 e. The topological polar surface area (TPSA) is 67.8 Å². The van der Waals surface area contributed by atoms with Crippen LogP contribution < -0.4 is 5.32 Å². The monoisotopic (exact) mass is 287 g/mol. The zero-order chi connectivity index (χ0) is 14.8. The van der Waals surface area contributed by atoms with E-state index in [9.17, 15) is 9.90 Å². The fourth-order valence-electron chi connectivity index (χ4n) is 2.65. The average Bonchev–Trinajstić information content (AvgIpc) is 2.44. The number of aliphatic hydroxyl groups is 1. The number of esters is 1. The van der Waals surface area contributed by atoms with E-state index in [1.807, 2.05) is 6.92 Å². The van der Waals surface area contributed by atoms with Gasteiger partial charge in [-0.1, -0.05) is 0 Å². The Bertz CT molecular complexity index is 275. The zero-order valence-corrected chi connectivity index (χ0v) is 12.8. The van der Waals surface area contributed by atoms with Crippen LogP contribution in [0.3, 0.4) is 0 Å². The minimum absolute atomic E-state index is 0.0306. The first-order chi connectivity index (χ1) is 9.61. The lowest BCUT2D eigenvalue weighted by atomic mass is 9.79. The summed E-state index contributed by atoms with van der Waals surface area (Å²) in [4.78, 5) is 11.6. The van der Waals surface area contributed by atoms with Gasteiger partial charge in [-0.3, -0.25) is 4.79 Å². The fourth-order valence-corrected chi connectivity index (χ4v) is 2.65. The van der Waals surface area contributed by atoms with E-state index in [0.29, 0.717) is 26.0 Å². The summed E-state index contributed by atoms with van der Waals surface area (Å²) < 4.78 is 10.0. The van der Waals surface area contributed by atoms with E-state index in [2.05, 4.69) is 5.32 Å². The number of ether oxygens (including phenoxy) is 2. The van der Waals surface area contributed by atoms with Crippen molar-refractivity contribution < 1.29 is 19.4 Å². The van der Waals surface area contributed by atoms with Crippen LogP contribution in [0, 0.1) is 5.92 Å². The molecule has 0 aromatic carbocycles. The van der Waals surface area contributed by atoms with Crippen molar-refractivity contribution in [3.05, 3.63) is 0 Å². The first kappa shape index (κ1) is 17.4. The van der Waals surface area contributed by atoms with Crippen molar-refractivity contribution in [1.82, 2.24) is 5.32 Å². The van der Waals surface area contributed by atoms with Gasteiger partial charge in [0.25, 0.3) is 0 Å². The molecule has 0 aromatic heterocycles. The van der Waals surface area contributed by atoms with E-state index in [1.165, 1.54) is 0 Å². The highest BCUT2D eigenvalue weighted by Crippen LogP contribution is 2.32. The van der Waals surface area contributed by atoms with Crippen LogP contribution in [0.25, 0.3) is 0 Å². The van der Waals surface area contributed by atoms with Gasteiger partial charge in [-0.05, 0) is 52.0 Å². The Hall–Kier alpha value is -0.650. The summed E-state index contributed by atoms with van der Waals surface area (Å²) in [6, 6.07) is 0. The molecule has 0 heterocycles. The second-order valence-corrected chi connectivity index (χ2v) is 5.63. The second kappa shape index (κ2) is 9.32. The number of carbonyl (C=O) groups is 1. The standard InChI is InChI=1S/C15H29NO4/c1-3-20-14(17)13-6-8-15(18,9-7-13)12-16-10-4-5-11-19-2/h13,16,18H,3-12H2,1-2H3. The number of unbranched alkanes of at least 4 members (excludes halogenated alkanes) is 1. The van der Waals surface area contributed by atoms with Gasteiger partial charge in [0.2, 0.25) is 0 Å². The van der Waals surface area contributed by atoms with E-state index in [4.69, 9.17) is 9.47 Å². The predicted molar refractivity (Wildman–Crippen MR) is 77.5 cm³/mol. The summed E-state index contributed by atoms with van der Waals surface area (Å²) in [5.74, 6) is -0.140. The molecule has 0 spiro atoms. The van der Waals surface area contributed by atoms with Crippen molar-refractivity contribution in [2.45, 2.75) is 51.0 Å². The normalized spacial score (nSPS) is 26.4. The van der Waals surface area contributed by atoms with Crippen LogP contribution in [0.5, 0.6) is 0 Å². The van der Waals surface area contributed by atoms with Gasteiger partial charge in [0.05, 0.1) is 18.1 Å². The molecule has 0 saturated heterocycles. The molecule has 5 heteroatoms. The predicted octanol–water partition coefficient (Wildman–Crippen LogP) is 1.49. The molecule has 2 N–H and O–H groups in total. The van der Waals surface area contributed by atoms with Gasteiger partial charge in [0.15, 0.2) is 0 Å². The van der Waals surface area contributed by atoms with Crippen LogP contribution in [-0.4, -0.2) is 50.1 Å². The molecular formula is C15H29NO4. The van der Waals surface area contributed by atoms with Gasteiger partial charge >= 0.3 is 5.97 Å². The van der Waals surface area contributed by atoms with Crippen molar-refractivity contribution in [1.29, 1.82) is 0 Å². The number of hydrogen-bond donors (Lipinski definition) is 2. The molecular weight excluding hydrogens is 258 g/mol. The molecule has 0 unspecified atom stereocenters. The van der Waals surface area contributed by atoms with E-state index < -0.39 is 5.60 Å². The Balaban J connectivity index is 2.16. The molecule has 0 aromatic rings. The maximum Gasteiger partial charge on any atom is 0.308 e. The molecule has 0 radical (unpaired) electrons. The van der Waals surface area contributed by atoms with Gasteiger partial charge in [-0.2, -0.15) is 0 Å². The van der Waals surface area contributed by atoms with Crippen molar-refractivity contribution in [2.75, 3.05) is 33.4 Å². The number of carbonyl (C=O) groups excluding carboxylic acids is 1.